The number of rotatable bonds is 1. The Bertz CT molecular complexity index is 207. The highest BCUT2D eigenvalue weighted by molar-refractivity contribution is 4.87. The van der Waals surface area contributed by atoms with Crippen molar-refractivity contribution in [3.63, 3.8) is 0 Å². The number of hydrogen-bond donors (Lipinski definition) is 0. The van der Waals surface area contributed by atoms with Gasteiger partial charge >= 0.3 is 0 Å². The van der Waals surface area contributed by atoms with Crippen LogP contribution in [0, 0.1) is 5.92 Å². The van der Waals surface area contributed by atoms with Gasteiger partial charge in [-0.05, 0) is 46.4 Å². The Labute approximate surface area is 94.0 Å². The average molecular weight is 211 g/mol. The molecule has 0 aromatic carbocycles. The highest BCUT2D eigenvalue weighted by Gasteiger charge is 2.31. The lowest BCUT2D eigenvalue weighted by Gasteiger charge is -2.44. The van der Waals surface area contributed by atoms with Crippen molar-refractivity contribution in [3.8, 4) is 0 Å². The van der Waals surface area contributed by atoms with Gasteiger partial charge in [0.25, 0.3) is 0 Å². The van der Waals surface area contributed by atoms with Crippen molar-refractivity contribution in [2.45, 2.75) is 18.9 Å². The van der Waals surface area contributed by atoms with Crippen molar-refractivity contribution in [1.82, 2.24) is 14.7 Å². The molecule has 2 aliphatic heterocycles. The first-order chi connectivity index (χ1) is 7.16. The minimum atomic E-state index is 0.784. The van der Waals surface area contributed by atoms with E-state index in [4.69, 9.17) is 0 Å². The largest absolute Gasteiger partial charge is 0.306 e. The molecule has 0 N–H and O–H groups in total. The van der Waals surface area contributed by atoms with E-state index in [9.17, 15) is 0 Å². The predicted molar refractivity (Wildman–Crippen MR) is 64.1 cm³/mol. The van der Waals surface area contributed by atoms with Gasteiger partial charge in [-0.25, -0.2) is 0 Å². The Morgan fingerprint density at radius 3 is 2.33 bits per heavy atom. The molecule has 2 aliphatic rings. The summed E-state index contributed by atoms with van der Waals surface area (Å²) < 4.78 is 0. The summed E-state index contributed by atoms with van der Waals surface area (Å²) in [5, 5.41) is 0. The minimum absolute atomic E-state index is 0.784. The van der Waals surface area contributed by atoms with Crippen molar-refractivity contribution in [2.24, 2.45) is 5.92 Å². The smallest absolute Gasteiger partial charge is 0.0260 e. The molecular weight excluding hydrogens is 186 g/mol. The summed E-state index contributed by atoms with van der Waals surface area (Å²) in [6.45, 7) is 6.32. The Hall–Kier alpha value is -0.120. The second kappa shape index (κ2) is 4.81. The molecule has 0 spiro atoms. The Balaban J connectivity index is 1.94. The van der Waals surface area contributed by atoms with Crippen molar-refractivity contribution >= 4 is 0 Å². The summed E-state index contributed by atoms with van der Waals surface area (Å²) >= 11 is 0. The van der Waals surface area contributed by atoms with E-state index in [2.05, 4.69) is 35.8 Å². The lowest BCUT2D eigenvalue weighted by atomic mass is 9.89. The van der Waals surface area contributed by atoms with E-state index in [1.807, 2.05) is 0 Å². The molecule has 0 amide bonds. The molecule has 15 heavy (non-hydrogen) atoms. The second-order valence-electron chi connectivity index (χ2n) is 5.47. The van der Waals surface area contributed by atoms with E-state index in [1.54, 1.807) is 0 Å². The minimum Gasteiger partial charge on any atom is -0.306 e. The first-order valence-electron chi connectivity index (χ1n) is 6.24. The number of piperidine rings is 1. The first kappa shape index (κ1) is 11.4. The number of likely N-dealkylation sites (tertiary alicyclic amines) is 1. The molecule has 3 heteroatoms. The van der Waals surface area contributed by atoms with Crippen LogP contribution >= 0.6 is 0 Å². The monoisotopic (exact) mass is 211 g/mol. The fraction of sp³-hybridized carbons (Fsp3) is 1.00. The van der Waals surface area contributed by atoms with Crippen molar-refractivity contribution in [3.05, 3.63) is 0 Å². The van der Waals surface area contributed by atoms with Crippen LogP contribution in [0.25, 0.3) is 0 Å². The maximum absolute atomic E-state index is 2.57. The van der Waals surface area contributed by atoms with E-state index in [0.717, 1.165) is 12.0 Å². The topological polar surface area (TPSA) is 9.72 Å². The van der Waals surface area contributed by atoms with E-state index in [1.165, 1.54) is 45.6 Å². The third-order valence-electron chi connectivity index (χ3n) is 4.10. The molecule has 0 aromatic rings. The van der Waals surface area contributed by atoms with Gasteiger partial charge < -0.3 is 14.7 Å². The van der Waals surface area contributed by atoms with Crippen LogP contribution in [0.4, 0.5) is 0 Å². The Morgan fingerprint density at radius 1 is 0.867 bits per heavy atom. The van der Waals surface area contributed by atoms with Gasteiger partial charge in [-0.15, -0.1) is 0 Å². The summed E-state index contributed by atoms with van der Waals surface area (Å²) in [5.41, 5.74) is 0. The van der Waals surface area contributed by atoms with E-state index >= 15 is 0 Å². The van der Waals surface area contributed by atoms with E-state index < -0.39 is 0 Å². The Morgan fingerprint density at radius 2 is 1.60 bits per heavy atom. The van der Waals surface area contributed by atoms with Crippen LogP contribution in [0.1, 0.15) is 12.8 Å². The normalized spacial score (nSPS) is 37.0. The summed E-state index contributed by atoms with van der Waals surface area (Å²) in [5.74, 6) is 0.886. The summed E-state index contributed by atoms with van der Waals surface area (Å²) in [7, 11) is 6.82. The number of hydrogen-bond acceptors (Lipinski definition) is 3. The Kier molecular flexibility index (Phi) is 3.65. The fourth-order valence-electron chi connectivity index (χ4n) is 3.07. The molecule has 0 bridgehead atoms. The van der Waals surface area contributed by atoms with Crippen molar-refractivity contribution < 1.29 is 0 Å². The van der Waals surface area contributed by atoms with E-state index in [0.29, 0.717) is 0 Å². The van der Waals surface area contributed by atoms with Crippen molar-refractivity contribution in [2.75, 3.05) is 53.9 Å². The quantitative estimate of drug-likeness (QED) is 0.628. The molecule has 2 fully saturated rings. The van der Waals surface area contributed by atoms with Gasteiger partial charge in [-0.1, -0.05) is 0 Å². The third kappa shape index (κ3) is 2.71. The highest BCUT2D eigenvalue weighted by Crippen LogP contribution is 2.24. The lowest BCUT2D eigenvalue weighted by molar-refractivity contribution is 0.0454. The van der Waals surface area contributed by atoms with Crippen LogP contribution in [-0.4, -0.2) is 74.6 Å². The zero-order chi connectivity index (χ0) is 10.8. The van der Waals surface area contributed by atoms with Crippen LogP contribution in [-0.2, 0) is 0 Å². The molecular formula is C12H25N3. The summed E-state index contributed by atoms with van der Waals surface area (Å²) in [4.78, 5) is 7.56. The number of nitrogens with zero attached hydrogens (tertiary/aromatic N) is 3. The molecule has 2 atom stereocenters. The van der Waals surface area contributed by atoms with Crippen LogP contribution < -0.4 is 0 Å². The average Bonchev–Trinajstić information content (AvgIpc) is 2.22. The molecule has 88 valence electrons. The zero-order valence-electron chi connectivity index (χ0n) is 10.4. The fourth-order valence-corrected chi connectivity index (χ4v) is 3.07. The van der Waals surface area contributed by atoms with Gasteiger partial charge in [0.15, 0.2) is 0 Å². The van der Waals surface area contributed by atoms with Gasteiger partial charge in [0, 0.05) is 32.2 Å². The molecule has 2 heterocycles. The molecule has 0 aliphatic carbocycles. The van der Waals surface area contributed by atoms with Gasteiger partial charge in [0.05, 0.1) is 0 Å². The van der Waals surface area contributed by atoms with Crippen LogP contribution in [0.2, 0.25) is 0 Å². The zero-order valence-corrected chi connectivity index (χ0v) is 10.4. The summed E-state index contributed by atoms with van der Waals surface area (Å²) in [6.07, 6.45) is 2.81. The molecule has 2 saturated heterocycles. The first-order valence-corrected chi connectivity index (χ1v) is 6.24. The molecule has 2 rings (SSSR count). The predicted octanol–water partition coefficient (Wildman–Crippen LogP) is 0.574. The SMILES string of the molecule is CN1CCCC(C2CN(C)CCN2C)C1. The third-order valence-corrected chi connectivity index (χ3v) is 4.10. The second-order valence-corrected chi connectivity index (χ2v) is 5.47. The number of piperazine rings is 1. The van der Waals surface area contributed by atoms with Gasteiger partial charge in [0.1, 0.15) is 0 Å². The van der Waals surface area contributed by atoms with Crippen molar-refractivity contribution in [1.29, 1.82) is 0 Å². The molecule has 0 aromatic heterocycles. The maximum atomic E-state index is 2.57. The van der Waals surface area contributed by atoms with Crippen LogP contribution in [0.3, 0.4) is 0 Å². The molecule has 3 nitrogen and oxygen atoms in total. The molecule has 0 saturated carbocycles. The van der Waals surface area contributed by atoms with E-state index in [-0.39, 0.29) is 0 Å². The van der Waals surface area contributed by atoms with Crippen LogP contribution in [0.5, 0.6) is 0 Å². The van der Waals surface area contributed by atoms with Gasteiger partial charge in [-0.2, -0.15) is 0 Å². The standard InChI is InChI=1S/C12H25N3/c1-13-6-4-5-11(9-13)12-10-14(2)7-8-15(12)3/h11-12H,4-10H2,1-3H3. The summed E-state index contributed by atoms with van der Waals surface area (Å²) in [6, 6.07) is 0.784. The maximum Gasteiger partial charge on any atom is 0.0260 e. The van der Waals surface area contributed by atoms with Gasteiger partial charge in [0.2, 0.25) is 0 Å². The highest BCUT2D eigenvalue weighted by atomic mass is 15.3. The lowest BCUT2D eigenvalue weighted by Crippen LogP contribution is -2.55. The van der Waals surface area contributed by atoms with Crippen LogP contribution in [0.15, 0.2) is 0 Å². The number of likely N-dealkylation sites (N-methyl/N-ethyl adjacent to an activating group) is 2. The molecule has 0 radical (unpaired) electrons. The molecule has 2 unspecified atom stereocenters. The van der Waals surface area contributed by atoms with Gasteiger partial charge in [-0.3, -0.25) is 0 Å².